The number of hydrogen-bond acceptors (Lipinski definition) is 5. The third-order valence-corrected chi connectivity index (χ3v) is 3.89. The molecular weight excluding hydrogens is 408 g/mol. The molecule has 7 nitrogen and oxygen atoms in total. The summed E-state index contributed by atoms with van der Waals surface area (Å²) in [5, 5.41) is 8.56. The zero-order valence-electron chi connectivity index (χ0n) is 15.2. The van der Waals surface area contributed by atoms with Crippen LogP contribution in [0.15, 0.2) is 53.1 Å². The quantitative estimate of drug-likeness (QED) is 0.470. The van der Waals surface area contributed by atoms with Crippen molar-refractivity contribution in [1.82, 2.24) is 20.8 Å². The van der Waals surface area contributed by atoms with Gasteiger partial charge < -0.3 is 15.2 Å². The van der Waals surface area contributed by atoms with E-state index in [1.54, 1.807) is 0 Å². The third kappa shape index (κ3) is 5.19. The van der Waals surface area contributed by atoms with E-state index in [1.807, 2.05) is 0 Å². The van der Waals surface area contributed by atoms with Crippen LogP contribution in [0.25, 0.3) is 11.4 Å². The van der Waals surface area contributed by atoms with Gasteiger partial charge in [0.1, 0.15) is 5.82 Å². The van der Waals surface area contributed by atoms with Crippen molar-refractivity contribution in [1.29, 1.82) is 0 Å². The van der Waals surface area contributed by atoms with Crippen molar-refractivity contribution in [2.45, 2.75) is 6.18 Å². The summed E-state index contributed by atoms with van der Waals surface area (Å²) in [6.07, 6.45) is -4.47. The SMILES string of the molecule is O=C(NCCNC(=O)c1nc(-c2ccc(C(F)(F)F)cc2)no1)c1ccc(F)cc1. The van der Waals surface area contributed by atoms with Gasteiger partial charge in [0.15, 0.2) is 0 Å². The standard InChI is InChI=1S/C19H14F4N4O3/c20-14-7-3-12(4-8-14)16(28)24-9-10-25-17(29)18-26-15(27-30-18)11-1-5-13(6-2-11)19(21,22)23/h1-8H,9-10H2,(H,24,28)(H,25,29). The lowest BCUT2D eigenvalue weighted by atomic mass is 10.1. The first kappa shape index (κ1) is 21.0. The average Bonchev–Trinajstić information content (AvgIpc) is 3.21. The molecule has 11 heteroatoms. The van der Waals surface area contributed by atoms with Crippen LogP contribution in [0.4, 0.5) is 17.6 Å². The minimum absolute atomic E-state index is 0.0431. The van der Waals surface area contributed by atoms with Gasteiger partial charge in [-0.1, -0.05) is 17.3 Å². The van der Waals surface area contributed by atoms with Crippen LogP contribution in [0.3, 0.4) is 0 Å². The second-order valence-electron chi connectivity index (χ2n) is 6.02. The zero-order chi connectivity index (χ0) is 21.7. The van der Waals surface area contributed by atoms with Gasteiger partial charge >= 0.3 is 18.0 Å². The highest BCUT2D eigenvalue weighted by molar-refractivity contribution is 5.94. The van der Waals surface area contributed by atoms with Crippen molar-refractivity contribution in [3.05, 3.63) is 71.4 Å². The zero-order valence-corrected chi connectivity index (χ0v) is 15.2. The Morgan fingerprint density at radius 2 is 1.50 bits per heavy atom. The maximum Gasteiger partial charge on any atom is 0.416 e. The molecule has 0 radical (unpaired) electrons. The van der Waals surface area contributed by atoms with Crippen LogP contribution >= 0.6 is 0 Å². The van der Waals surface area contributed by atoms with Crippen molar-refractivity contribution in [2.75, 3.05) is 13.1 Å². The highest BCUT2D eigenvalue weighted by atomic mass is 19.4. The summed E-state index contributed by atoms with van der Waals surface area (Å²) in [7, 11) is 0. The summed E-state index contributed by atoms with van der Waals surface area (Å²) >= 11 is 0. The maximum absolute atomic E-state index is 12.8. The molecule has 1 aromatic heterocycles. The van der Waals surface area contributed by atoms with E-state index in [0.717, 1.165) is 24.3 Å². The van der Waals surface area contributed by atoms with Gasteiger partial charge in [-0.3, -0.25) is 9.59 Å². The van der Waals surface area contributed by atoms with Crippen LogP contribution in [0.1, 0.15) is 26.6 Å². The summed E-state index contributed by atoms with van der Waals surface area (Å²) in [6.45, 7) is 0.131. The summed E-state index contributed by atoms with van der Waals surface area (Å²) in [5.41, 5.74) is -0.312. The number of carbonyl (C=O) groups is 2. The van der Waals surface area contributed by atoms with E-state index in [2.05, 4.69) is 20.8 Å². The van der Waals surface area contributed by atoms with Crippen molar-refractivity contribution in [3.8, 4) is 11.4 Å². The van der Waals surface area contributed by atoms with Crippen molar-refractivity contribution < 1.29 is 31.7 Å². The molecule has 0 spiro atoms. The van der Waals surface area contributed by atoms with Gasteiger partial charge in [-0.2, -0.15) is 18.2 Å². The first-order chi connectivity index (χ1) is 14.2. The number of benzene rings is 2. The lowest BCUT2D eigenvalue weighted by molar-refractivity contribution is -0.137. The molecule has 3 aromatic rings. The van der Waals surface area contributed by atoms with Crippen molar-refractivity contribution in [3.63, 3.8) is 0 Å². The molecule has 0 atom stereocenters. The average molecular weight is 422 g/mol. The molecular formula is C19H14F4N4O3. The van der Waals surface area contributed by atoms with Crippen LogP contribution < -0.4 is 10.6 Å². The molecule has 156 valence electrons. The maximum atomic E-state index is 12.8. The van der Waals surface area contributed by atoms with E-state index in [-0.39, 0.29) is 35.9 Å². The summed E-state index contributed by atoms with van der Waals surface area (Å²) in [4.78, 5) is 27.7. The predicted molar refractivity (Wildman–Crippen MR) is 95.8 cm³/mol. The molecule has 0 aliphatic carbocycles. The number of nitrogens with one attached hydrogen (secondary N) is 2. The number of nitrogens with zero attached hydrogens (tertiary/aromatic N) is 2. The molecule has 30 heavy (non-hydrogen) atoms. The van der Waals surface area contributed by atoms with E-state index < -0.39 is 29.4 Å². The van der Waals surface area contributed by atoms with Crippen LogP contribution in [0.5, 0.6) is 0 Å². The number of hydrogen-bond donors (Lipinski definition) is 2. The Morgan fingerprint density at radius 3 is 2.10 bits per heavy atom. The summed E-state index contributed by atoms with van der Waals surface area (Å²) in [5.74, 6) is -2.04. The minimum atomic E-state index is -4.47. The van der Waals surface area contributed by atoms with Crippen molar-refractivity contribution >= 4 is 11.8 Å². The third-order valence-electron chi connectivity index (χ3n) is 3.89. The van der Waals surface area contributed by atoms with E-state index in [0.29, 0.717) is 0 Å². The first-order valence-electron chi connectivity index (χ1n) is 8.57. The smallest absolute Gasteiger partial charge is 0.350 e. The topological polar surface area (TPSA) is 97.1 Å². The van der Waals surface area contributed by atoms with Crippen LogP contribution in [0, 0.1) is 5.82 Å². The monoisotopic (exact) mass is 422 g/mol. The number of aromatic nitrogens is 2. The minimum Gasteiger partial charge on any atom is -0.350 e. The Kier molecular flexibility index (Phi) is 6.09. The van der Waals surface area contributed by atoms with Gasteiger partial charge in [0, 0.05) is 24.2 Å². The fourth-order valence-electron chi connectivity index (χ4n) is 2.37. The van der Waals surface area contributed by atoms with Crippen LogP contribution in [0.2, 0.25) is 0 Å². The predicted octanol–water partition coefficient (Wildman–Crippen LogP) is 3.05. The Morgan fingerprint density at radius 1 is 0.900 bits per heavy atom. The fourth-order valence-corrected chi connectivity index (χ4v) is 2.37. The van der Waals surface area contributed by atoms with E-state index in [1.165, 1.54) is 24.3 Å². The molecule has 2 amide bonds. The largest absolute Gasteiger partial charge is 0.416 e. The lowest BCUT2D eigenvalue weighted by Crippen LogP contribution is -2.34. The van der Waals surface area contributed by atoms with E-state index in [9.17, 15) is 27.2 Å². The van der Waals surface area contributed by atoms with Gasteiger partial charge in [0.05, 0.1) is 5.56 Å². The van der Waals surface area contributed by atoms with Gasteiger partial charge in [-0.05, 0) is 36.4 Å². The molecule has 1 heterocycles. The number of carbonyl (C=O) groups excluding carboxylic acids is 2. The van der Waals surface area contributed by atoms with Crippen molar-refractivity contribution in [2.24, 2.45) is 0 Å². The molecule has 0 saturated carbocycles. The van der Waals surface area contributed by atoms with E-state index >= 15 is 0 Å². The second-order valence-corrected chi connectivity index (χ2v) is 6.02. The highest BCUT2D eigenvalue weighted by Crippen LogP contribution is 2.30. The van der Waals surface area contributed by atoms with Crippen LogP contribution in [-0.4, -0.2) is 35.0 Å². The van der Waals surface area contributed by atoms with Gasteiger partial charge in [-0.25, -0.2) is 4.39 Å². The summed E-state index contributed by atoms with van der Waals surface area (Å²) in [6, 6.07) is 9.03. The molecule has 2 N–H and O–H groups in total. The second kappa shape index (κ2) is 8.72. The highest BCUT2D eigenvalue weighted by Gasteiger charge is 2.30. The van der Waals surface area contributed by atoms with Gasteiger partial charge in [-0.15, -0.1) is 0 Å². The number of rotatable bonds is 6. The molecule has 3 rings (SSSR count). The van der Waals surface area contributed by atoms with Gasteiger partial charge in [0.25, 0.3) is 5.91 Å². The Labute approximate surface area is 167 Å². The molecule has 2 aromatic carbocycles. The number of halogens is 4. The Balaban J connectivity index is 1.50. The number of amides is 2. The Hall–Kier alpha value is -3.76. The summed E-state index contributed by atoms with van der Waals surface area (Å²) < 4.78 is 55.5. The molecule has 0 aliphatic rings. The molecule has 0 unspecified atom stereocenters. The van der Waals surface area contributed by atoms with E-state index in [4.69, 9.17) is 4.52 Å². The first-order valence-corrected chi connectivity index (χ1v) is 8.57. The van der Waals surface area contributed by atoms with Crippen LogP contribution in [-0.2, 0) is 6.18 Å². The lowest BCUT2D eigenvalue weighted by Gasteiger charge is -2.06. The molecule has 0 aliphatic heterocycles. The Bertz CT molecular complexity index is 1030. The normalized spacial score (nSPS) is 11.2. The molecule has 0 fully saturated rings. The number of alkyl halides is 3. The van der Waals surface area contributed by atoms with Gasteiger partial charge in [0.2, 0.25) is 5.82 Å². The molecule has 0 bridgehead atoms. The fraction of sp³-hybridized carbons (Fsp3) is 0.158. The molecule has 0 saturated heterocycles.